The zero-order chi connectivity index (χ0) is 18.1. The highest BCUT2D eigenvalue weighted by Crippen LogP contribution is 2.22. The Bertz CT molecular complexity index is 1080. The fraction of sp³-hybridized carbons (Fsp3) is 0.0952. The van der Waals surface area contributed by atoms with Gasteiger partial charge in [0.05, 0.1) is 5.69 Å². The predicted molar refractivity (Wildman–Crippen MR) is 102 cm³/mol. The van der Waals surface area contributed by atoms with Gasteiger partial charge in [0.2, 0.25) is 0 Å². The number of aromatic nitrogens is 3. The van der Waals surface area contributed by atoms with Gasteiger partial charge in [0.1, 0.15) is 11.3 Å². The molecule has 5 nitrogen and oxygen atoms in total. The number of rotatable bonds is 3. The van der Waals surface area contributed by atoms with Crippen LogP contribution >= 0.6 is 0 Å². The van der Waals surface area contributed by atoms with Crippen LogP contribution in [0.25, 0.3) is 16.9 Å². The number of anilines is 1. The quantitative estimate of drug-likeness (QED) is 0.605. The maximum atomic E-state index is 12.2. The van der Waals surface area contributed by atoms with Crippen molar-refractivity contribution in [2.24, 2.45) is 0 Å². The molecule has 3 heterocycles. The largest absolute Gasteiger partial charge is 0.321 e. The molecular formula is C21H18N4O. The summed E-state index contributed by atoms with van der Waals surface area (Å²) in [5.74, 6) is -0.221. The fourth-order valence-electron chi connectivity index (χ4n) is 2.81. The van der Waals surface area contributed by atoms with Crippen LogP contribution in [-0.2, 0) is 0 Å². The summed E-state index contributed by atoms with van der Waals surface area (Å²) in [6.07, 6.45) is 5.68. The Kier molecular flexibility index (Phi) is 3.97. The lowest BCUT2D eigenvalue weighted by Crippen LogP contribution is -2.13. The molecule has 4 aromatic rings. The molecule has 0 aliphatic carbocycles. The van der Waals surface area contributed by atoms with Crippen molar-refractivity contribution in [3.63, 3.8) is 0 Å². The number of pyridine rings is 2. The number of aryl methyl sites for hydroxylation is 2. The third kappa shape index (κ3) is 3.07. The van der Waals surface area contributed by atoms with E-state index in [4.69, 9.17) is 4.98 Å². The first-order valence-corrected chi connectivity index (χ1v) is 8.39. The maximum Gasteiger partial charge on any atom is 0.274 e. The number of amides is 1. The van der Waals surface area contributed by atoms with E-state index in [9.17, 15) is 4.79 Å². The highest BCUT2D eigenvalue weighted by atomic mass is 16.1. The zero-order valence-corrected chi connectivity index (χ0v) is 14.6. The molecule has 26 heavy (non-hydrogen) atoms. The van der Waals surface area contributed by atoms with Gasteiger partial charge >= 0.3 is 0 Å². The number of carbonyl (C=O) groups excluding carboxylic acids is 1. The molecule has 0 bridgehead atoms. The third-order valence-electron chi connectivity index (χ3n) is 4.26. The number of fused-ring (bicyclic) bond motifs is 1. The van der Waals surface area contributed by atoms with Crippen LogP contribution in [0.15, 0.2) is 67.1 Å². The minimum Gasteiger partial charge on any atom is -0.321 e. The lowest BCUT2D eigenvalue weighted by Gasteiger charge is -2.05. The molecule has 0 saturated carbocycles. The van der Waals surface area contributed by atoms with Crippen molar-refractivity contribution in [1.82, 2.24) is 14.4 Å². The lowest BCUT2D eigenvalue weighted by atomic mass is 10.1. The summed E-state index contributed by atoms with van der Waals surface area (Å²) < 4.78 is 2.02. The third-order valence-corrected chi connectivity index (χ3v) is 4.26. The van der Waals surface area contributed by atoms with Crippen molar-refractivity contribution in [2.45, 2.75) is 13.8 Å². The molecule has 128 valence electrons. The van der Waals surface area contributed by atoms with Gasteiger partial charge in [-0.1, -0.05) is 24.3 Å². The van der Waals surface area contributed by atoms with Crippen LogP contribution in [0, 0.1) is 13.8 Å². The summed E-state index contributed by atoms with van der Waals surface area (Å²) in [4.78, 5) is 21.1. The minimum atomic E-state index is -0.221. The van der Waals surface area contributed by atoms with E-state index < -0.39 is 0 Å². The summed E-state index contributed by atoms with van der Waals surface area (Å²) in [6, 6.07) is 15.3. The topological polar surface area (TPSA) is 59.3 Å². The van der Waals surface area contributed by atoms with Crippen LogP contribution in [0.5, 0.6) is 0 Å². The number of carbonyl (C=O) groups is 1. The first kappa shape index (κ1) is 16.0. The average Bonchev–Trinajstić information content (AvgIpc) is 3.08. The molecule has 3 aromatic heterocycles. The SMILES string of the molecule is Cc1ccc(C(=O)Nc2ccc(-c3cn4cccc(C)c4n3)cc2)nc1. The second-order valence-electron chi connectivity index (χ2n) is 6.30. The highest BCUT2D eigenvalue weighted by molar-refractivity contribution is 6.02. The molecule has 0 aliphatic rings. The van der Waals surface area contributed by atoms with Crippen molar-refractivity contribution < 1.29 is 4.79 Å². The van der Waals surface area contributed by atoms with Gasteiger partial charge in [-0.05, 0) is 49.2 Å². The van der Waals surface area contributed by atoms with Crippen LogP contribution in [0.3, 0.4) is 0 Å². The van der Waals surface area contributed by atoms with Crippen LogP contribution in [0.2, 0.25) is 0 Å². The molecule has 0 unspecified atom stereocenters. The van der Waals surface area contributed by atoms with E-state index in [0.29, 0.717) is 5.69 Å². The van der Waals surface area contributed by atoms with E-state index in [2.05, 4.69) is 10.3 Å². The number of nitrogens with one attached hydrogen (secondary N) is 1. The minimum absolute atomic E-state index is 0.221. The molecule has 5 heteroatoms. The van der Waals surface area contributed by atoms with Gasteiger partial charge in [0.25, 0.3) is 5.91 Å². The number of nitrogens with zero attached hydrogens (tertiary/aromatic N) is 3. The van der Waals surface area contributed by atoms with E-state index in [0.717, 1.165) is 33.7 Å². The normalized spacial score (nSPS) is 10.8. The smallest absolute Gasteiger partial charge is 0.274 e. The molecule has 0 radical (unpaired) electrons. The van der Waals surface area contributed by atoms with Gasteiger partial charge in [-0.2, -0.15) is 0 Å². The molecule has 1 aromatic carbocycles. The van der Waals surface area contributed by atoms with Gasteiger partial charge in [0, 0.05) is 29.8 Å². The van der Waals surface area contributed by atoms with Crippen molar-refractivity contribution in [2.75, 3.05) is 5.32 Å². The molecular weight excluding hydrogens is 324 g/mol. The Morgan fingerprint density at radius 1 is 1.04 bits per heavy atom. The van der Waals surface area contributed by atoms with E-state index in [1.165, 1.54) is 0 Å². The van der Waals surface area contributed by atoms with E-state index in [1.54, 1.807) is 12.3 Å². The second-order valence-corrected chi connectivity index (χ2v) is 6.30. The van der Waals surface area contributed by atoms with Gasteiger partial charge < -0.3 is 9.72 Å². The monoisotopic (exact) mass is 342 g/mol. The van der Waals surface area contributed by atoms with Crippen molar-refractivity contribution in [3.8, 4) is 11.3 Å². The number of hydrogen-bond acceptors (Lipinski definition) is 3. The van der Waals surface area contributed by atoms with Crippen molar-refractivity contribution in [3.05, 3.63) is 83.9 Å². The summed E-state index contributed by atoms with van der Waals surface area (Å²) in [7, 11) is 0. The summed E-state index contributed by atoms with van der Waals surface area (Å²) in [5, 5.41) is 2.86. The molecule has 0 fully saturated rings. The van der Waals surface area contributed by atoms with Crippen LogP contribution in [-0.4, -0.2) is 20.3 Å². The maximum absolute atomic E-state index is 12.2. The molecule has 1 N–H and O–H groups in total. The molecule has 0 spiro atoms. The average molecular weight is 342 g/mol. The Morgan fingerprint density at radius 3 is 2.54 bits per heavy atom. The number of imidazole rings is 1. The van der Waals surface area contributed by atoms with E-state index in [1.807, 2.05) is 73.1 Å². The van der Waals surface area contributed by atoms with Crippen molar-refractivity contribution >= 4 is 17.2 Å². The fourth-order valence-corrected chi connectivity index (χ4v) is 2.81. The molecule has 0 aliphatic heterocycles. The first-order chi connectivity index (χ1) is 12.6. The second kappa shape index (κ2) is 6.44. The Labute approximate surface area is 151 Å². The predicted octanol–water partition coefficient (Wildman–Crippen LogP) is 4.27. The summed E-state index contributed by atoms with van der Waals surface area (Å²) in [5.41, 5.74) is 6.13. The van der Waals surface area contributed by atoms with Gasteiger partial charge in [-0.15, -0.1) is 0 Å². The van der Waals surface area contributed by atoms with Gasteiger partial charge in [-0.3, -0.25) is 9.78 Å². The Hall–Kier alpha value is -3.47. The Morgan fingerprint density at radius 2 is 1.85 bits per heavy atom. The summed E-state index contributed by atoms with van der Waals surface area (Å²) >= 11 is 0. The molecule has 0 atom stereocenters. The van der Waals surface area contributed by atoms with Gasteiger partial charge in [0.15, 0.2) is 0 Å². The van der Waals surface area contributed by atoms with E-state index in [-0.39, 0.29) is 5.91 Å². The van der Waals surface area contributed by atoms with Crippen molar-refractivity contribution in [1.29, 1.82) is 0 Å². The standard InChI is InChI=1S/C21H18N4O/c1-14-5-10-18(22-12-14)21(26)23-17-8-6-16(7-9-17)19-13-25-11-3-4-15(2)20(25)24-19/h3-13H,1-2H3,(H,23,26). The zero-order valence-electron chi connectivity index (χ0n) is 14.6. The molecule has 1 amide bonds. The first-order valence-electron chi connectivity index (χ1n) is 8.39. The molecule has 4 rings (SSSR count). The highest BCUT2D eigenvalue weighted by Gasteiger charge is 2.09. The number of benzene rings is 1. The summed E-state index contributed by atoms with van der Waals surface area (Å²) in [6.45, 7) is 3.98. The van der Waals surface area contributed by atoms with Gasteiger partial charge in [-0.25, -0.2) is 4.98 Å². The van der Waals surface area contributed by atoms with Crippen LogP contribution in [0.4, 0.5) is 5.69 Å². The Balaban J connectivity index is 1.55. The van der Waals surface area contributed by atoms with Crippen LogP contribution < -0.4 is 5.32 Å². The number of hydrogen-bond donors (Lipinski definition) is 1. The van der Waals surface area contributed by atoms with Crippen LogP contribution in [0.1, 0.15) is 21.6 Å². The molecule has 0 saturated heterocycles. The van der Waals surface area contributed by atoms with E-state index >= 15 is 0 Å². The lowest BCUT2D eigenvalue weighted by molar-refractivity contribution is 0.102.